The molecule has 0 spiro atoms. The quantitative estimate of drug-likeness (QED) is 0.777. The number of anilines is 1. The van der Waals surface area contributed by atoms with Crippen molar-refractivity contribution in [2.45, 2.75) is 6.92 Å². The third kappa shape index (κ3) is 3.61. The Balaban J connectivity index is 1.78. The fraction of sp³-hybridized carbons (Fsp3) is 0.0526. The van der Waals surface area contributed by atoms with E-state index in [1.165, 1.54) is 18.3 Å². The average molecular weight is 306 g/mol. The van der Waals surface area contributed by atoms with Gasteiger partial charge in [-0.3, -0.25) is 9.78 Å². The fourth-order valence-electron chi connectivity index (χ4n) is 2.27. The van der Waals surface area contributed by atoms with Gasteiger partial charge in [-0.05, 0) is 43.3 Å². The van der Waals surface area contributed by atoms with E-state index in [0.717, 1.165) is 16.8 Å². The number of benzene rings is 2. The van der Waals surface area contributed by atoms with E-state index in [1.807, 2.05) is 31.2 Å². The number of nitrogens with zero attached hydrogens (tertiary/aromatic N) is 1. The van der Waals surface area contributed by atoms with Crippen LogP contribution in [0.1, 0.15) is 15.9 Å². The molecule has 1 aromatic heterocycles. The minimum Gasteiger partial charge on any atom is -0.322 e. The van der Waals surface area contributed by atoms with Crippen LogP contribution in [0.4, 0.5) is 10.1 Å². The zero-order chi connectivity index (χ0) is 16.2. The van der Waals surface area contributed by atoms with Gasteiger partial charge in [0.2, 0.25) is 0 Å². The Morgan fingerprint density at radius 3 is 2.57 bits per heavy atom. The Bertz CT molecular complexity index is 844. The second-order valence-electron chi connectivity index (χ2n) is 5.27. The van der Waals surface area contributed by atoms with E-state index in [1.54, 1.807) is 24.3 Å². The molecule has 0 aliphatic heterocycles. The predicted octanol–water partition coefficient (Wildman–Crippen LogP) is 4.45. The van der Waals surface area contributed by atoms with Crippen molar-refractivity contribution in [1.82, 2.24) is 4.98 Å². The number of carbonyl (C=O) groups excluding carboxylic acids is 1. The molecule has 3 rings (SSSR count). The maximum Gasteiger partial charge on any atom is 0.257 e. The van der Waals surface area contributed by atoms with Crippen molar-refractivity contribution < 1.29 is 9.18 Å². The van der Waals surface area contributed by atoms with Crippen LogP contribution >= 0.6 is 0 Å². The first kappa shape index (κ1) is 14.9. The van der Waals surface area contributed by atoms with Crippen LogP contribution in [0.2, 0.25) is 0 Å². The summed E-state index contributed by atoms with van der Waals surface area (Å²) in [5, 5.41) is 2.65. The van der Waals surface area contributed by atoms with Crippen LogP contribution in [-0.2, 0) is 0 Å². The van der Waals surface area contributed by atoms with E-state index in [0.29, 0.717) is 11.3 Å². The molecule has 0 radical (unpaired) electrons. The van der Waals surface area contributed by atoms with Gasteiger partial charge in [0.15, 0.2) is 0 Å². The molecule has 0 bridgehead atoms. The molecular formula is C19H15FN2O. The van der Waals surface area contributed by atoms with Crippen molar-refractivity contribution in [3.05, 3.63) is 83.8 Å². The zero-order valence-corrected chi connectivity index (χ0v) is 12.6. The van der Waals surface area contributed by atoms with Crippen LogP contribution in [0.5, 0.6) is 0 Å². The van der Waals surface area contributed by atoms with Gasteiger partial charge in [-0.2, -0.15) is 0 Å². The van der Waals surface area contributed by atoms with Crippen LogP contribution < -0.4 is 5.32 Å². The third-order valence-corrected chi connectivity index (χ3v) is 3.42. The number of pyridine rings is 1. The van der Waals surface area contributed by atoms with Gasteiger partial charge in [-0.1, -0.05) is 29.8 Å². The van der Waals surface area contributed by atoms with Crippen LogP contribution in [0, 0.1) is 12.7 Å². The number of rotatable bonds is 3. The molecule has 1 N–H and O–H groups in total. The summed E-state index contributed by atoms with van der Waals surface area (Å²) in [6.45, 7) is 2.02. The first-order valence-corrected chi connectivity index (χ1v) is 7.22. The monoisotopic (exact) mass is 306 g/mol. The molecule has 3 aromatic rings. The SMILES string of the molecule is Cc1cccc(-c2ccc(C(=O)Nc3cccc(F)c3)cn2)c1. The van der Waals surface area contributed by atoms with Crippen molar-refractivity contribution in [2.75, 3.05) is 5.32 Å². The minimum atomic E-state index is -0.393. The third-order valence-electron chi connectivity index (χ3n) is 3.42. The predicted molar refractivity (Wildman–Crippen MR) is 88.8 cm³/mol. The van der Waals surface area contributed by atoms with E-state index in [2.05, 4.69) is 10.3 Å². The maximum absolute atomic E-state index is 13.1. The molecule has 23 heavy (non-hydrogen) atoms. The number of hydrogen-bond acceptors (Lipinski definition) is 2. The molecule has 0 aliphatic rings. The first-order valence-electron chi connectivity index (χ1n) is 7.22. The Hall–Kier alpha value is -3.01. The second-order valence-corrected chi connectivity index (χ2v) is 5.27. The van der Waals surface area contributed by atoms with Gasteiger partial charge in [0.25, 0.3) is 5.91 Å². The Morgan fingerprint density at radius 1 is 1.04 bits per heavy atom. The zero-order valence-electron chi connectivity index (χ0n) is 12.6. The van der Waals surface area contributed by atoms with Crippen LogP contribution in [0.3, 0.4) is 0 Å². The molecule has 0 atom stereocenters. The van der Waals surface area contributed by atoms with Gasteiger partial charge in [0, 0.05) is 17.4 Å². The minimum absolute atomic E-state index is 0.320. The topological polar surface area (TPSA) is 42.0 Å². The van der Waals surface area contributed by atoms with Gasteiger partial charge < -0.3 is 5.32 Å². The number of amides is 1. The summed E-state index contributed by atoms with van der Waals surface area (Å²) in [6.07, 6.45) is 1.52. The van der Waals surface area contributed by atoms with Crippen LogP contribution in [-0.4, -0.2) is 10.9 Å². The summed E-state index contributed by atoms with van der Waals surface area (Å²) < 4.78 is 13.1. The van der Waals surface area contributed by atoms with Gasteiger partial charge in [-0.25, -0.2) is 4.39 Å². The van der Waals surface area contributed by atoms with Crippen molar-refractivity contribution in [3.63, 3.8) is 0 Å². The summed E-state index contributed by atoms with van der Waals surface area (Å²) in [6, 6.07) is 17.3. The van der Waals surface area contributed by atoms with Crippen molar-refractivity contribution >= 4 is 11.6 Å². The lowest BCUT2D eigenvalue weighted by molar-refractivity contribution is 0.102. The smallest absolute Gasteiger partial charge is 0.257 e. The maximum atomic E-state index is 13.1. The lowest BCUT2D eigenvalue weighted by Crippen LogP contribution is -2.12. The van der Waals surface area contributed by atoms with Crippen LogP contribution in [0.15, 0.2) is 66.9 Å². The highest BCUT2D eigenvalue weighted by Gasteiger charge is 2.08. The van der Waals surface area contributed by atoms with E-state index in [-0.39, 0.29) is 5.91 Å². The van der Waals surface area contributed by atoms with Gasteiger partial charge in [0.05, 0.1) is 11.3 Å². The van der Waals surface area contributed by atoms with Gasteiger partial charge in [0.1, 0.15) is 5.82 Å². The number of nitrogens with one attached hydrogen (secondary N) is 1. The number of hydrogen-bond donors (Lipinski definition) is 1. The molecule has 3 nitrogen and oxygen atoms in total. The van der Waals surface area contributed by atoms with Crippen molar-refractivity contribution in [1.29, 1.82) is 0 Å². The molecule has 1 amide bonds. The van der Waals surface area contributed by atoms with E-state index >= 15 is 0 Å². The molecule has 0 saturated heterocycles. The lowest BCUT2D eigenvalue weighted by Gasteiger charge is -2.06. The summed E-state index contributed by atoms with van der Waals surface area (Å²) in [5.41, 5.74) is 3.79. The standard InChI is InChI=1S/C19H15FN2O/c1-13-4-2-5-14(10-13)18-9-8-15(12-21-18)19(23)22-17-7-3-6-16(20)11-17/h2-12H,1H3,(H,22,23). The Morgan fingerprint density at radius 2 is 1.87 bits per heavy atom. The molecule has 0 saturated carbocycles. The molecule has 4 heteroatoms. The summed E-state index contributed by atoms with van der Waals surface area (Å²) >= 11 is 0. The summed E-state index contributed by atoms with van der Waals surface area (Å²) in [7, 11) is 0. The fourth-order valence-corrected chi connectivity index (χ4v) is 2.27. The Labute approximate surface area is 133 Å². The van der Waals surface area contributed by atoms with Crippen molar-refractivity contribution in [3.8, 4) is 11.3 Å². The first-order chi connectivity index (χ1) is 11.1. The molecule has 0 aliphatic carbocycles. The number of halogens is 1. The molecule has 114 valence electrons. The Kier molecular flexibility index (Phi) is 4.15. The molecular weight excluding hydrogens is 291 g/mol. The number of carbonyl (C=O) groups is 1. The van der Waals surface area contributed by atoms with E-state index < -0.39 is 5.82 Å². The van der Waals surface area contributed by atoms with E-state index in [4.69, 9.17) is 0 Å². The van der Waals surface area contributed by atoms with Gasteiger partial charge >= 0.3 is 0 Å². The summed E-state index contributed by atoms with van der Waals surface area (Å²) in [5.74, 6) is -0.713. The van der Waals surface area contributed by atoms with E-state index in [9.17, 15) is 9.18 Å². The lowest BCUT2D eigenvalue weighted by atomic mass is 10.1. The molecule has 2 aromatic carbocycles. The summed E-state index contributed by atoms with van der Waals surface area (Å²) in [4.78, 5) is 16.5. The molecule has 0 unspecified atom stereocenters. The normalized spacial score (nSPS) is 10.3. The van der Waals surface area contributed by atoms with Crippen molar-refractivity contribution in [2.24, 2.45) is 0 Å². The average Bonchev–Trinajstić information content (AvgIpc) is 2.55. The highest BCUT2D eigenvalue weighted by Crippen LogP contribution is 2.18. The number of aromatic nitrogens is 1. The van der Waals surface area contributed by atoms with Gasteiger partial charge in [-0.15, -0.1) is 0 Å². The van der Waals surface area contributed by atoms with Crippen LogP contribution in [0.25, 0.3) is 11.3 Å². The largest absolute Gasteiger partial charge is 0.322 e. The highest BCUT2D eigenvalue weighted by atomic mass is 19.1. The number of aryl methyl sites for hydroxylation is 1. The highest BCUT2D eigenvalue weighted by molar-refractivity contribution is 6.04. The molecule has 1 heterocycles. The second kappa shape index (κ2) is 6.40. The molecule has 0 fully saturated rings.